The van der Waals surface area contributed by atoms with E-state index in [1.54, 1.807) is 28.6 Å². The highest BCUT2D eigenvalue weighted by atomic mass is 16.5. The molecule has 1 N–H and O–H groups in total. The van der Waals surface area contributed by atoms with Crippen LogP contribution in [0.15, 0.2) is 47.3 Å². The monoisotopic (exact) mass is 407 g/mol. The third kappa shape index (κ3) is 4.31. The number of nitrogens with one attached hydrogen (secondary N) is 1. The summed E-state index contributed by atoms with van der Waals surface area (Å²) in [5.41, 5.74) is 3.06. The normalized spacial score (nSPS) is 19.0. The SMILES string of the molecule is COc1ccccc1CNC1CCC(n2nc(-n3nc(C)cc3C)ccc2=O)CC1. The first-order valence-electron chi connectivity index (χ1n) is 10.5. The van der Waals surface area contributed by atoms with Crippen molar-refractivity contribution in [2.24, 2.45) is 0 Å². The first-order valence-corrected chi connectivity index (χ1v) is 10.5. The van der Waals surface area contributed by atoms with Crippen molar-refractivity contribution in [1.82, 2.24) is 24.9 Å². The van der Waals surface area contributed by atoms with Crippen molar-refractivity contribution >= 4 is 0 Å². The van der Waals surface area contributed by atoms with Gasteiger partial charge in [-0.05, 0) is 57.7 Å². The summed E-state index contributed by atoms with van der Waals surface area (Å²) < 4.78 is 8.89. The van der Waals surface area contributed by atoms with Gasteiger partial charge in [0.1, 0.15) is 5.75 Å². The van der Waals surface area contributed by atoms with E-state index in [9.17, 15) is 4.79 Å². The summed E-state index contributed by atoms with van der Waals surface area (Å²) in [5, 5.41) is 12.8. The molecular weight excluding hydrogens is 378 g/mol. The molecule has 0 unspecified atom stereocenters. The molecule has 1 saturated carbocycles. The highest BCUT2D eigenvalue weighted by Crippen LogP contribution is 2.28. The number of methoxy groups -OCH3 is 1. The van der Waals surface area contributed by atoms with Crippen LogP contribution < -0.4 is 15.6 Å². The second kappa shape index (κ2) is 8.83. The molecule has 3 aromatic rings. The average Bonchev–Trinajstić information content (AvgIpc) is 3.11. The van der Waals surface area contributed by atoms with Gasteiger partial charge in [0, 0.05) is 29.9 Å². The predicted molar refractivity (Wildman–Crippen MR) is 116 cm³/mol. The molecule has 158 valence electrons. The summed E-state index contributed by atoms with van der Waals surface area (Å²) in [7, 11) is 1.70. The van der Waals surface area contributed by atoms with E-state index in [1.807, 2.05) is 38.1 Å². The van der Waals surface area contributed by atoms with E-state index in [0.717, 1.165) is 54.9 Å². The fourth-order valence-electron chi connectivity index (χ4n) is 4.28. The number of ether oxygens (including phenoxy) is 1. The van der Waals surface area contributed by atoms with Crippen LogP contribution in [0.5, 0.6) is 5.75 Å². The quantitative estimate of drug-likeness (QED) is 0.678. The molecule has 7 heteroatoms. The fourth-order valence-corrected chi connectivity index (χ4v) is 4.28. The first-order chi connectivity index (χ1) is 14.5. The van der Waals surface area contributed by atoms with Crippen LogP contribution in [0, 0.1) is 13.8 Å². The number of hydrogen-bond acceptors (Lipinski definition) is 5. The number of para-hydroxylation sites is 1. The topological polar surface area (TPSA) is 74.0 Å². The highest BCUT2D eigenvalue weighted by molar-refractivity contribution is 5.33. The van der Waals surface area contributed by atoms with E-state index in [4.69, 9.17) is 4.74 Å². The molecule has 1 aliphatic rings. The van der Waals surface area contributed by atoms with Crippen LogP contribution in [0.25, 0.3) is 5.82 Å². The zero-order valence-electron chi connectivity index (χ0n) is 17.8. The van der Waals surface area contributed by atoms with Crippen molar-refractivity contribution in [1.29, 1.82) is 0 Å². The van der Waals surface area contributed by atoms with Crippen molar-refractivity contribution in [3.8, 4) is 11.6 Å². The standard InChI is InChI=1S/C23H29N5O2/c1-16-14-17(2)27(25-16)22-12-13-23(29)28(26-22)20-10-8-19(9-11-20)24-15-18-6-4-5-7-21(18)30-3/h4-7,12-14,19-20,24H,8-11,15H2,1-3H3. The fraction of sp³-hybridized carbons (Fsp3) is 0.435. The Labute approximate surface area is 176 Å². The maximum Gasteiger partial charge on any atom is 0.267 e. The number of aryl methyl sites for hydroxylation is 2. The van der Waals surface area contributed by atoms with Gasteiger partial charge in [0.05, 0.1) is 18.8 Å². The Hall–Kier alpha value is -2.93. The Bertz CT molecular complexity index is 1060. The molecule has 4 rings (SSSR count). The summed E-state index contributed by atoms with van der Waals surface area (Å²) in [6.07, 6.45) is 3.88. The smallest absolute Gasteiger partial charge is 0.267 e. The molecule has 30 heavy (non-hydrogen) atoms. The van der Waals surface area contributed by atoms with Gasteiger partial charge in [-0.25, -0.2) is 9.36 Å². The Kier molecular flexibility index (Phi) is 5.99. The van der Waals surface area contributed by atoms with Gasteiger partial charge in [0.25, 0.3) is 5.56 Å². The Morgan fingerprint density at radius 3 is 2.53 bits per heavy atom. The first kappa shape index (κ1) is 20.3. The minimum Gasteiger partial charge on any atom is -0.496 e. The van der Waals surface area contributed by atoms with Crippen LogP contribution in [-0.2, 0) is 6.54 Å². The van der Waals surface area contributed by atoms with E-state index in [-0.39, 0.29) is 11.6 Å². The number of rotatable bonds is 6. The lowest BCUT2D eigenvalue weighted by molar-refractivity contribution is 0.267. The van der Waals surface area contributed by atoms with Crippen LogP contribution in [-0.4, -0.2) is 32.7 Å². The third-order valence-electron chi connectivity index (χ3n) is 5.85. The van der Waals surface area contributed by atoms with E-state index in [1.165, 1.54) is 0 Å². The number of hydrogen-bond donors (Lipinski definition) is 1. The molecule has 0 spiro atoms. The van der Waals surface area contributed by atoms with E-state index in [2.05, 4.69) is 21.6 Å². The van der Waals surface area contributed by atoms with Gasteiger partial charge in [-0.3, -0.25) is 4.79 Å². The summed E-state index contributed by atoms with van der Waals surface area (Å²) in [5.74, 6) is 1.60. The molecule has 0 amide bonds. The zero-order valence-corrected chi connectivity index (χ0v) is 17.8. The molecule has 2 aromatic heterocycles. The molecule has 1 aromatic carbocycles. The number of aromatic nitrogens is 4. The van der Waals surface area contributed by atoms with Gasteiger partial charge in [-0.1, -0.05) is 18.2 Å². The van der Waals surface area contributed by atoms with Crippen molar-refractivity contribution in [3.63, 3.8) is 0 Å². The molecule has 7 nitrogen and oxygen atoms in total. The van der Waals surface area contributed by atoms with Gasteiger partial charge in [-0.2, -0.15) is 5.10 Å². The number of nitrogens with zero attached hydrogens (tertiary/aromatic N) is 4. The molecule has 1 fully saturated rings. The minimum atomic E-state index is -0.0503. The van der Waals surface area contributed by atoms with Crippen LogP contribution in [0.4, 0.5) is 0 Å². The Balaban J connectivity index is 1.41. The lowest BCUT2D eigenvalue weighted by Gasteiger charge is -2.30. The van der Waals surface area contributed by atoms with Gasteiger partial charge in [-0.15, -0.1) is 5.10 Å². The van der Waals surface area contributed by atoms with Crippen LogP contribution in [0.3, 0.4) is 0 Å². The summed E-state index contributed by atoms with van der Waals surface area (Å²) in [6.45, 7) is 4.74. The van der Waals surface area contributed by atoms with Crippen molar-refractivity contribution in [2.45, 2.75) is 58.2 Å². The van der Waals surface area contributed by atoms with Crippen LogP contribution in [0.2, 0.25) is 0 Å². The van der Waals surface area contributed by atoms with E-state index < -0.39 is 0 Å². The Morgan fingerprint density at radius 2 is 1.83 bits per heavy atom. The van der Waals surface area contributed by atoms with Crippen LogP contribution in [0.1, 0.15) is 48.7 Å². The molecule has 1 aliphatic carbocycles. The maximum atomic E-state index is 12.5. The van der Waals surface area contributed by atoms with Gasteiger partial charge in [0.2, 0.25) is 0 Å². The lowest BCUT2D eigenvalue weighted by Crippen LogP contribution is -2.36. The predicted octanol–water partition coefficient (Wildman–Crippen LogP) is 3.33. The largest absolute Gasteiger partial charge is 0.496 e. The lowest BCUT2D eigenvalue weighted by atomic mass is 9.91. The second-order valence-electron chi connectivity index (χ2n) is 8.01. The third-order valence-corrected chi connectivity index (χ3v) is 5.85. The van der Waals surface area contributed by atoms with Gasteiger partial charge in [0.15, 0.2) is 5.82 Å². The second-order valence-corrected chi connectivity index (χ2v) is 8.01. The minimum absolute atomic E-state index is 0.0503. The zero-order chi connectivity index (χ0) is 21.1. The molecule has 0 atom stereocenters. The average molecular weight is 408 g/mol. The van der Waals surface area contributed by atoms with E-state index in [0.29, 0.717) is 11.9 Å². The van der Waals surface area contributed by atoms with Gasteiger partial charge < -0.3 is 10.1 Å². The molecule has 0 radical (unpaired) electrons. The van der Waals surface area contributed by atoms with Crippen molar-refractivity contribution < 1.29 is 4.74 Å². The van der Waals surface area contributed by atoms with Crippen molar-refractivity contribution in [3.05, 3.63) is 69.8 Å². The number of benzene rings is 1. The molecule has 2 heterocycles. The molecular formula is C23H29N5O2. The molecule has 0 aliphatic heterocycles. The summed E-state index contributed by atoms with van der Waals surface area (Å²) >= 11 is 0. The summed E-state index contributed by atoms with van der Waals surface area (Å²) in [4.78, 5) is 12.5. The summed E-state index contributed by atoms with van der Waals surface area (Å²) in [6, 6.07) is 14.0. The molecule has 0 saturated heterocycles. The highest BCUT2D eigenvalue weighted by Gasteiger charge is 2.24. The Morgan fingerprint density at radius 1 is 1.07 bits per heavy atom. The van der Waals surface area contributed by atoms with Gasteiger partial charge >= 0.3 is 0 Å². The maximum absolute atomic E-state index is 12.5. The van der Waals surface area contributed by atoms with E-state index >= 15 is 0 Å². The van der Waals surface area contributed by atoms with Crippen molar-refractivity contribution in [2.75, 3.05) is 7.11 Å². The van der Waals surface area contributed by atoms with Crippen LogP contribution >= 0.6 is 0 Å². The molecule has 0 bridgehead atoms.